The molecule has 76 heavy (non-hydrogen) atoms. The molecule has 18 heteroatoms. The summed E-state index contributed by atoms with van der Waals surface area (Å²) in [5.74, 6) is -4.45. The first-order valence-corrected chi connectivity index (χ1v) is 26.8. The Morgan fingerprint density at radius 1 is 0.500 bits per heavy atom. The Hall–Kier alpha value is -7.44. The third kappa shape index (κ3) is 14.9. The zero-order valence-corrected chi connectivity index (χ0v) is 42.8. The molecule has 0 aliphatic carbocycles. The molecular weight excluding hydrogens is 969 g/mol. The monoisotopic (exact) mass is 1040 g/mol. The maximum atomic E-state index is 14.3. The molecule has 0 aromatic heterocycles. The van der Waals surface area contributed by atoms with Gasteiger partial charge in [0.2, 0.25) is 35.4 Å². The van der Waals surface area contributed by atoms with Crippen molar-refractivity contribution in [2.45, 2.75) is 138 Å². The fourth-order valence-corrected chi connectivity index (χ4v) is 11.1. The number of carboxylic acids is 2. The highest BCUT2D eigenvalue weighted by Gasteiger charge is 2.40. The summed E-state index contributed by atoms with van der Waals surface area (Å²) in [6.45, 7) is 2.15. The molecule has 4 aromatic carbocycles. The summed E-state index contributed by atoms with van der Waals surface area (Å²) in [4.78, 5) is 111. The van der Waals surface area contributed by atoms with E-state index in [0.29, 0.717) is 63.7 Å². The second-order valence-corrected chi connectivity index (χ2v) is 20.6. The molecule has 4 aromatic rings. The van der Waals surface area contributed by atoms with Crippen LogP contribution in [0.4, 0.5) is 0 Å². The zero-order valence-electron chi connectivity index (χ0n) is 42.8. The Bertz CT molecular complexity index is 2680. The molecule has 6 amide bonds. The molecule has 4 fully saturated rings. The van der Waals surface area contributed by atoms with Crippen molar-refractivity contribution in [2.75, 3.05) is 26.2 Å². The van der Waals surface area contributed by atoms with Gasteiger partial charge in [-0.3, -0.25) is 33.6 Å². The number of carboxylic acid groups (broad SMARTS) is 2. The van der Waals surface area contributed by atoms with Crippen molar-refractivity contribution in [3.63, 3.8) is 0 Å². The predicted molar refractivity (Wildman–Crippen MR) is 283 cm³/mol. The van der Waals surface area contributed by atoms with Gasteiger partial charge in [-0.1, -0.05) is 109 Å². The lowest BCUT2D eigenvalue weighted by Gasteiger charge is -2.29. The van der Waals surface area contributed by atoms with Gasteiger partial charge in [0.05, 0.1) is 18.5 Å². The molecule has 8 N–H and O–H groups in total. The van der Waals surface area contributed by atoms with Gasteiger partial charge in [-0.15, -0.1) is 0 Å². The first-order valence-electron chi connectivity index (χ1n) is 26.8. The number of nitrogens with one attached hydrogen (secondary N) is 6. The molecule has 0 saturated carbocycles. The van der Waals surface area contributed by atoms with Crippen LogP contribution in [0.15, 0.2) is 109 Å². The van der Waals surface area contributed by atoms with Crippen LogP contribution in [0.2, 0.25) is 0 Å². The number of benzene rings is 4. The second-order valence-electron chi connectivity index (χ2n) is 20.6. The third-order valence-corrected chi connectivity index (χ3v) is 15.0. The number of rotatable bonds is 23. The summed E-state index contributed by atoms with van der Waals surface area (Å²) in [6.07, 6.45) is 5.22. The normalized spacial score (nSPS) is 20.7. The molecule has 8 rings (SSSR count). The van der Waals surface area contributed by atoms with Gasteiger partial charge in [-0.2, -0.15) is 0 Å². The van der Waals surface area contributed by atoms with Crippen molar-refractivity contribution in [2.24, 2.45) is 0 Å². The Kier molecular flexibility index (Phi) is 19.0. The van der Waals surface area contributed by atoms with Crippen molar-refractivity contribution in [1.29, 1.82) is 0 Å². The van der Waals surface area contributed by atoms with E-state index in [9.17, 15) is 48.6 Å². The number of hydrogen-bond donors (Lipinski definition) is 8. The second kappa shape index (κ2) is 26.4. The lowest BCUT2D eigenvalue weighted by molar-refractivity contribution is -0.148. The smallest absolute Gasteiger partial charge is 0.326 e. The predicted octanol–water partition coefficient (Wildman–Crippen LogP) is 3.30. The van der Waals surface area contributed by atoms with Crippen LogP contribution >= 0.6 is 0 Å². The average Bonchev–Trinajstić information content (AvgIpc) is 4.28. The van der Waals surface area contributed by atoms with Gasteiger partial charge in [0.15, 0.2) is 0 Å². The van der Waals surface area contributed by atoms with E-state index >= 15 is 0 Å². The van der Waals surface area contributed by atoms with Gasteiger partial charge in [0.25, 0.3) is 0 Å². The maximum absolute atomic E-state index is 14.3. The average molecular weight is 1040 g/mol. The summed E-state index contributed by atoms with van der Waals surface area (Å²) >= 11 is 0. The fraction of sp³-hybridized carbons (Fsp3) is 0.448. The zero-order chi connectivity index (χ0) is 53.6. The van der Waals surface area contributed by atoms with Crippen molar-refractivity contribution < 1.29 is 48.6 Å². The van der Waals surface area contributed by atoms with Crippen LogP contribution in [0, 0.1) is 0 Å². The number of likely N-dealkylation sites (tertiary alicyclic amines) is 2. The first kappa shape index (κ1) is 54.8. The molecule has 4 aliphatic rings. The van der Waals surface area contributed by atoms with Crippen molar-refractivity contribution in [1.82, 2.24) is 41.7 Å². The van der Waals surface area contributed by atoms with Crippen LogP contribution in [-0.2, 0) is 64.0 Å². The Morgan fingerprint density at radius 2 is 1.03 bits per heavy atom. The highest BCUT2D eigenvalue weighted by molar-refractivity contribution is 5.94. The third-order valence-electron chi connectivity index (χ3n) is 15.0. The van der Waals surface area contributed by atoms with Crippen LogP contribution < -0.4 is 31.9 Å². The van der Waals surface area contributed by atoms with Gasteiger partial charge in [-0.25, -0.2) is 4.79 Å². The topological polar surface area (TPSA) is 256 Å². The molecule has 0 bridgehead atoms. The van der Waals surface area contributed by atoms with Gasteiger partial charge >= 0.3 is 11.9 Å². The van der Waals surface area contributed by atoms with Gasteiger partial charge in [-0.05, 0) is 111 Å². The largest absolute Gasteiger partial charge is 0.481 e. The highest BCUT2D eigenvalue weighted by atomic mass is 16.4. The van der Waals surface area contributed by atoms with E-state index in [-0.39, 0.29) is 56.4 Å². The summed E-state index contributed by atoms with van der Waals surface area (Å²) < 4.78 is 0. The number of nitrogens with zero attached hydrogens (tertiary/aromatic N) is 2. The van der Waals surface area contributed by atoms with Crippen LogP contribution in [0.3, 0.4) is 0 Å². The minimum Gasteiger partial charge on any atom is -0.481 e. The molecule has 0 unspecified atom stereocenters. The van der Waals surface area contributed by atoms with E-state index in [1.54, 1.807) is 4.90 Å². The Balaban J connectivity index is 1.00. The minimum atomic E-state index is -1.11. The quantitative estimate of drug-likeness (QED) is 0.0533. The summed E-state index contributed by atoms with van der Waals surface area (Å²) in [5, 5.41) is 38.0. The van der Waals surface area contributed by atoms with Crippen molar-refractivity contribution >= 4 is 47.4 Å². The van der Waals surface area contributed by atoms with Crippen LogP contribution in [0.5, 0.6) is 0 Å². The van der Waals surface area contributed by atoms with Crippen molar-refractivity contribution in [3.05, 3.63) is 131 Å². The minimum absolute atomic E-state index is 0.0614. The van der Waals surface area contributed by atoms with Gasteiger partial charge < -0.3 is 51.9 Å². The van der Waals surface area contributed by atoms with E-state index in [2.05, 4.69) is 31.9 Å². The highest BCUT2D eigenvalue weighted by Crippen LogP contribution is 2.26. The van der Waals surface area contributed by atoms with Gasteiger partial charge in [0.1, 0.15) is 24.2 Å². The SMILES string of the molecule is O=C(O)C[C@H](Cc1ccccc1)NC(=O)[C@H](Cc1ccc(-c2cccc(C[C@@H](CC(=O)N3CCC[C@H]3C(=O)O)NC(=O)[C@H](Cc3ccccc3)NC(=O)[C@@H]3CCCN3)c2)cc1)NC(=O)[C@@H]1CCCN1C(=O)[C@@H]1CCCN1. The lowest BCUT2D eigenvalue weighted by atomic mass is 9.95. The number of aliphatic carboxylic acids is 2. The van der Waals surface area contributed by atoms with E-state index < -0.39 is 77.9 Å². The van der Waals surface area contributed by atoms with Crippen LogP contribution in [0.1, 0.15) is 86.5 Å². The van der Waals surface area contributed by atoms with E-state index in [1.165, 1.54) is 4.90 Å². The van der Waals surface area contributed by atoms with Crippen LogP contribution in [0.25, 0.3) is 11.1 Å². The molecule has 402 valence electrons. The lowest BCUT2D eigenvalue weighted by Crippen LogP contribution is -2.56. The van der Waals surface area contributed by atoms with Gasteiger partial charge in [0, 0.05) is 44.4 Å². The van der Waals surface area contributed by atoms with E-state index in [1.807, 2.05) is 109 Å². The first-order chi connectivity index (χ1) is 36.8. The van der Waals surface area contributed by atoms with Crippen molar-refractivity contribution in [3.8, 4) is 11.1 Å². The molecule has 0 spiro atoms. The molecule has 8 atom stereocenters. The Labute approximate surface area is 443 Å². The summed E-state index contributed by atoms with van der Waals surface area (Å²) in [7, 11) is 0. The van der Waals surface area contributed by atoms with E-state index in [4.69, 9.17) is 0 Å². The molecule has 4 heterocycles. The summed E-state index contributed by atoms with van der Waals surface area (Å²) in [6, 6.07) is 27.5. The number of carbonyl (C=O) groups excluding carboxylic acids is 6. The molecule has 0 radical (unpaired) electrons. The molecule has 4 aliphatic heterocycles. The van der Waals surface area contributed by atoms with E-state index in [0.717, 1.165) is 47.2 Å². The molecule has 18 nitrogen and oxygen atoms in total. The Morgan fingerprint density at radius 3 is 1.62 bits per heavy atom. The summed E-state index contributed by atoms with van der Waals surface area (Å²) in [5.41, 5.74) is 4.78. The standard InChI is InChI=1S/C58H70N8O10/c67-51(65-28-11-21-50(65)58(75)76)35-43(61-54(71)47(33-38-14-5-2-6-15-38)63-53(70)45-18-8-26-59-45)32-40-16-7-17-42(30-40)41-24-22-39(23-25-41)34-48(55(72)62-44(36-52(68)69)31-37-12-3-1-4-13-37)64-56(73)49-20-10-29-66(49)57(74)46-19-9-27-60-46/h1-7,12-17,22-25,30,43-50,59-60H,8-11,18-21,26-29,31-36H2,(H,61,71)(H,62,72)(H,63,70)(H,64,73)(H,68,69)(H,75,76)/t43-,44-,45-,46-,47-,48-,49-,50-/m0/s1. The molecule has 4 saturated heterocycles. The molecular formula is C58H70N8O10. The fourth-order valence-electron chi connectivity index (χ4n) is 11.1. The number of carbonyl (C=O) groups is 8. The maximum Gasteiger partial charge on any atom is 0.326 e. The number of amides is 6. The number of hydrogen-bond acceptors (Lipinski definition) is 10. The van der Waals surface area contributed by atoms with Crippen LogP contribution in [-0.4, -0.2) is 142 Å².